The summed E-state index contributed by atoms with van der Waals surface area (Å²) in [6.07, 6.45) is 1.51. The topological polar surface area (TPSA) is 70.6 Å². The third kappa shape index (κ3) is 3.46. The van der Waals surface area contributed by atoms with E-state index in [1.807, 2.05) is 25.1 Å². The molecule has 4 nitrogen and oxygen atoms in total. The monoisotopic (exact) mass is 221 g/mol. The van der Waals surface area contributed by atoms with E-state index in [2.05, 4.69) is 23.5 Å². The largest absolute Gasteiger partial charge is 0.409 e. The van der Waals surface area contributed by atoms with Crippen molar-refractivity contribution in [2.24, 2.45) is 10.9 Å². The molecule has 0 saturated carbocycles. The number of amidine groups is 1. The molecule has 0 aliphatic rings. The highest BCUT2D eigenvalue weighted by Crippen LogP contribution is 2.17. The minimum Gasteiger partial charge on any atom is -0.409 e. The molecule has 0 aromatic heterocycles. The number of nitrogens with zero attached hydrogens (tertiary/aromatic N) is 1. The molecular formula is C12H19N3O. The van der Waals surface area contributed by atoms with E-state index in [0.717, 1.165) is 12.1 Å². The summed E-state index contributed by atoms with van der Waals surface area (Å²) in [5.74, 6) is 0.244. The van der Waals surface area contributed by atoms with E-state index < -0.39 is 0 Å². The average Bonchev–Trinajstić information content (AvgIpc) is 2.29. The van der Waals surface area contributed by atoms with Crippen LogP contribution in [0.4, 0.5) is 5.69 Å². The first-order chi connectivity index (χ1) is 7.67. The predicted octanol–water partition coefficient (Wildman–Crippen LogP) is 2.19. The summed E-state index contributed by atoms with van der Waals surface area (Å²) in [6, 6.07) is 8.31. The Morgan fingerprint density at radius 2 is 2.19 bits per heavy atom. The second-order valence-corrected chi connectivity index (χ2v) is 3.85. The van der Waals surface area contributed by atoms with Crippen LogP contribution in [-0.4, -0.2) is 17.1 Å². The highest BCUT2D eigenvalue weighted by Gasteiger charge is 2.06. The zero-order valence-corrected chi connectivity index (χ0v) is 9.77. The van der Waals surface area contributed by atoms with Gasteiger partial charge in [-0.15, -0.1) is 0 Å². The van der Waals surface area contributed by atoms with Crippen LogP contribution in [0.1, 0.15) is 25.8 Å². The molecule has 1 unspecified atom stereocenters. The smallest absolute Gasteiger partial charge is 0.141 e. The van der Waals surface area contributed by atoms with Crippen molar-refractivity contribution in [2.45, 2.75) is 32.7 Å². The Morgan fingerprint density at radius 1 is 1.50 bits per heavy atom. The number of rotatable bonds is 5. The first-order valence-electron chi connectivity index (χ1n) is 5.48. The third-order valence-electron chi connectivity index (χ3n) is 2.44. The minimum atomic E-state index is 0.142. The van der Waals surface area contributed by atoms with Crippen molar-refractivity contribution in [3.63, 3.8) is 0 Å². The molecule has 1 atom stereocenters. The summed E-state index contributed by atoms with van der Waals surface area (Å²) in [5, 5.41) is 14.8. The van der Waals surface area contributed by atoms with Gasteiger partial charge in [-0.05, 0) is 25.0 Å². The van der Waals surface area contributed by atoms with Crippen LogP contribution in [0.3, 0.4) is 0 Å². The van der Waals surface area contributed by atoms with Gasteiger partial charge in [0.2, 0.25) is 0 Å². The highest BCUT2D eigenvalue weighted by atomic mass is 16.4. The maximum absolute atomic E-state index is 8.49. The number of nitrogens with one attached hydrogen (secondary N) is 1. The van der Waals surface area contributed by atoms with Gasteiger partial charge in [-0.25, -0.2) is 0 Å². The Bertz CT molecular complexity index is 363. The molecule has 0 saturated heterocycles. The number of para-hydroxylation sites is 1. The van der Waals surface area contributed by atoms with Crippen molar-refractivity contribution in [1.82, 2.24) is 0 Å². The fourth-order valence-corrected chi connectivity index (χ4v) is 1.64. The molecule has 0 spiro atoms. The van der Waals surface area contributed by atoms with Crippen molar-refractivity contribution in [3.05, 3.63) is 29.8 Å². The van der Waals surface area contributed by atoms with Crippen LogP contribution in [0.25, 0.3) is 0 Å². The van der Waals surface area contributed by atoms with E-state index >= 15 is 0 Å². The van der Waals surface area contributed by atoms with Crippen LogP contribution in [0, 0.1) is 0 Å². The first-order valence-corrected chi connectivity index (χ1v) is 5.48. The van der Waals surface area contributed by atoms with Crippen LogP contribution in [0.2, 0.25) is 0 Å². The maximum atomic E-state index is 8.49. The molecule has 88 valence electrons. The summed E-state index contributed by atoms with van der Waals surface area (Å²) in [5.41, 5.74) is 7.84. The van der Waals surface area contributed by atoms with E-state index in [0.29, 0.717) is 6.42 Å². The number of aryl methyl sites for hydroxylation is 1. The van der Waals surface area contributed by atoms with Crippen molar-refractivity contribution in [2.75, 3.05) is 5.32 Å². The minimum absolute atomic E-state index is 0.142. The second-order valence-electron chi connectivity index (χ2n) is 3.85. The standard InChI is InChI=1S/C12H19N3O/c1-3-10-6-4-5-7-11(10)14-9(2)8-12(13)15-16/h4-7,9,14,16H,3,8H2,1-2H3,(H2,13,15). The summed E-state index contributed by atoms with van der Waals surface area (Å²) >= 11 is 0. The average molecular weight is 221 g/mol. The first kappa shape index (κ1) is 12.4. The molecule has 0 fully saturated rings. The molecule has 1 rings (SSSR count). The Balaban J connectivity index is 2.65. The van der Waals surface area contributed by atoms with E-state index in [1.54, 1.807) is 0 Å². The van der Waals surface area contributed by atoms with Crippen molar-refractivity contribution < 1.29 is 5.21 Å². The lowest BCUT2D eigenvalue weighted by Gasteiger charge is -2.16. The Morgan fingerprint density at radius 3 is 2.81 bits per heavy atom. The van der Waals surface area contributed by atoms with E-state index in [4.69, 9.17) is 10.9 Å². The van der Waals surface area contributed by atoms with E-state index in [1.165, 1.54) is 5.56 Å². The molecule has 0 bridgehead atoms. The van der Waals surface area contributed by atoms with Crippen LogP contribution >= 0.6 is 0 Å². The van der Waals surface area contributed by atoms with Crippen LogP contribution in [0.15, 0.2) is 29.4 Å². The van der Waals surface area contributed by atoms with Gasteiger partial charge in [0.25, 0.3) is 0 Å². The van der Waals surface area contributed by atoms with Gasteiger partial charge in [-0.1, -0.05) is 30.3 Å². The summed E-state index contributed by atoms with van der Waals surface area (Å²) in [4.78, 5) is 0. The van der Waals surface area contributed by atoms with Crippen molar-refractivity contribution in [3.8, 4) is 0 Å². The number of anilines is 1. The van der Waals surface area contributed by atoms with Gasteiger partial charge in [0.15, 0.2) is 0 Å². The maximum Gasteiger partial charge on any atom is 0.141 e. The molecule has 1 aromatic rings. The third-order valence-corrected chi connectivity index (χ3v) is 2.44. The van der Waals surface area contributed by atoms with Gasteiger partial charge in [0, 0.05) is 18.2 Å². The van der Waals surface area contributed by atoms with Crippen LogP contribution in [-0.2, 0) is 6.42 Å². The highest BCUT2D eigenvalue weighted by molar-refractivity contribution is 5.80. The Labute approximate surface area is 96.2 Å². The molecule has 1 aromatic carbocycles. The van der Waals surface area contributed by atoms with E-state index in [-0.39, 0.29) is 11.9 Å². The van der Waals surface area contributed by atoms with Crippen molar-refractivity contribution >= 4 is 11.5 Å². The van der Waals surface area contributed by atoms with Crippen LogP contribution in [0.5, 0.6) is 0 Å². The lowest BCUT2D eigenvalue weighted by atomic mass is 10.1. The second kappa shape index (κ2) is 6.00. The number of nitrogens with two attached hydrogens (primary N) is 1. The van der Waals surface area contributed by atoms with Gasteiger partial charge in [0.1, 0.15) is 5.84 Å². The summed E-state index contributed by atoms with van der Waals surface area (Å²) < 4.78 is 0. The lowest BCUT2D eigenvalue weighted by molar-refractivity contribution is 0.316. The summed E-state index contributed by atoms with van der Waals surface area (Å²) in [6.45, 7) is 4.12. The molecule has 0 aliphatic heterocycles. The quantitative estimate of drug-likeness (QED) is 0.309. The van der Waals surface area contributed by atoms with E-state index in [9.17, 15) is 0 Å². The zero-order chi connectivity index (χ0) is 12.0. The molecule has 0 radical (unpaired) electrons. The molecule has 16 heavy (non-hydrogen) atoms. The van der Waals surface area contributed by atoms with Gasteiger partial charge in [0.05, 0.1) is 0 Å². The molecular weight excluding hydrogens is 202 g/mol. The summed E-state index contributed by atoms with van der Waals surface area (Å²) in [7, 11) is 0. The molecule has 4 N–H and O–H groups in total. The van der Waals surface area contributed by atoms with Crippen LogP contribution < -0.4 is 11.1 Å². The van der Waals surface area contributed by atoms with Gasteiger partial charge >= 0.3 is 0 Å². The van der Waals surface area contributed by atoms with Crippen molar-refractivity contribution in [1.29, 1.82) is 0 Å². The molecule has 4 heteroatoms. The van der Waals surface area contributed by atoms with Gasteiger partial charge < -0.3 is 16.3 Å². The SMILES string of the molecule is CCc1ccccc1NC(C)CC(N)=NO. The number of hydrogen-bond acceptors (Lipinski definition) is 3. The number of hydrogen-bond donors (Lipinski definition) is 3. The molecule has 0 aliphatic carbocycles. The lowest BCUT2D eigenvalue weighted by Crippen LogP contribution is -2.24. The fourth-order valence-electron chi connectivity index (χ4n) is 1.64. The number of oxime groups is 1. The molecule has 0 heterocycles. The normalized spacial score (nSPS) is 13.5. The predicted molar refractivity (Wildman–Crippen MR) is 66.9 cm³/mol. The number of benzene rings is 1. The Hall–Kier alpha value is -1.71. The zero-order valence-electron chi connectivity index (χ0n) is 9.77. The fraction of sp³-hybridized carbons (Fsp3) is 0.417. The van der Waals surface area contributed by atoms with Gasteiger partial charge in [-0.2, -0.15) is 0 Å². The molecule has 0 amide bonds. The Kier molecular flexibility index (Phi) is 4.64. The van der Waals surface area contributed by atoms with Gasteiger partial charge in [-0.3, -0.25) is 0 Å².